The van der Waals surface area contributed by atoms with E-state index >= 15 is 0 Å². The Labute approximate surface area is 171 Å². The maximum absolute atomic E-state index is 12.8. The maximum Gasteiger partial charge on any atom is 0.305 e. The van der Waals surface area contributed by atoms with Crippen LogP contribution in [0.3, 0.4) is 0 Å². The van der Waals surface area contributed by atoms with Crippen LogP contribution in [-0.2, 0) is 19.6 Å². The first-order valence-electron chi connectivity index (χ1n) is 8.67. The van der Waals surface area contributed by atoms with Gasteiger partial charge in [-0.1, -0.05) is 29.5 Å². The molecule has 0 aliphatic rings. The number of carbonyl (C=O) groups is 1. The van der Waals surface area contributed by atoms with Gasteiger partial charge >= 0.3 is 5.97 Å². The highest BCUT2D eigenvalue weighted by molar-refractivity contribution is 7.92. The number of ether oxygens (including phenoxy) is 1. The normalized spacial score (nSPS) is 10.7. The topological polar surface area (TPSA) is 72.5 Å². The van der Waals surface area contributed by atoms with E-state index in [0.717, 1.165) is 11.1 Å². The van der Waals surface area contributed by atoms with E-state index in [9.17, 15) is 13.2 Å². The van der Waals surface area contributed by atoms with Gasteiger partial charge in [-0.25, -0.2) is 8.42 Å². The Hall–Kier alpha value is -2.49. The summed E-state index contributed by atoms with van der Waals surface area (Å²) in [5, 5.41) is 0.452. The molecule has 0 unspecified atom stereocenters. The lowest BCUT2D eigenvalue weighted by atomic mass is 10.1. The van der Waals surface area contributed by atoms with Crippen molar-refractivity contribution in [3.8, 4) is 11.8 Å². The number of rotatable bonds is 6. The number of carbonyl (C=O) groups excluding carboxylic acids is 1. The van der Waals surface area contributed by atoms with Crippen LogP contribution in [-0.4, -0.2) is 21.5 Å². The minimum Gasteiger partial charge on any atom is -0.469 e. The molecule has 0 amide bonds. The molecule has 0 spiro atoms. The van der Waals surface area contributed by atoms with Crippen molar-refractivity contribution in [1.82, 2.24) is 0 Å². The number of nitrogens with one attached hydrogen (secondary N) is 1. The third-order valence-electron chi connectivity index (χ3n) is 3.86. The lowest BCUT2D eigenvalue weighted by molar-refractivity contribution is -0.140. The zero-order valence-corrected chi connectivity index (χ0v) is 17.6. The monoisotopic (exact) mass is 419 g/mol. The summed E-state index contributed by atoms with van der Waals surface area (Å²) in [5.74, 6) is 5.58. The van der Waals surface area contributed by atoms with E-state index in [1.165, 1.54) is 7.11 Å². The summed E-state index contributed by atoms with van der Waals surface area (Å²) in [6.45, 7) is 3.69. The largest absolute Gasteiger partial charge is 0.469 e. The molecule has 5 nitrogen and oxygen atoms in total. The predicted molar refractivity (Wildman–Crippen MR) is 111 cm³/mol. The van der Waals surface area contributed by atoms with Crippen molar-refractivity contribution in [2.45, 2.75) is 38.0 Å². The van der Waals surface area contributed by atoms with Gasteiger partial charge in [-0.05, 0) is 61.7 Å². The minimum atomic E-state index is -3.77. The van der Waals surface area contributed by atoms with Gasteiger partial charge in [-0.3, -0.25) is 9.52 Å². The maximum atomic E-state index is 12.8. The molecule has 2 aromatic rings. The molecule has 0 saturated heterocycles. The standard InChI is InChI=1S/C21H22ClNO4S/c1-15-11-16(2)13-19(12-15)28(25,26)23-20-10-9-18(22)14-17(20)7-5-4-6-8-21(24)27-3/h9-14,23H,4,6,8H2,1-3H3. The Balaban J connectivity index is 2.23. The molecule has 0 aliphatic heterocycles. The predicted octanol–water partition coefficient (Wildman–Crippen LogP) is 4.45. The molecule has 0 bridgehead atoms. The molecule has 2 rings (SSSR count). The van der Waals surface area contributed by atoms with Gasteiger partial charge in [0.1, 0.15) is 0 Å². The Bertz CT molecular complexity index is 1020. The molecule has 0 atom stereocenters. The third-order valence-corrected chi connectivity index (χ3v) is 5.44. The molecule has 0 radical (unpaired) electrons. The van der Waals surface area contributed by atoms with Gasteiger partial charge in [-0.2, -0.15) is 0 Å². The van der Waals surface area contributed by atoms with Crippen molar-refractivity contribution in [3.05, 3.63) is 58.1 Å². The van der Waals surface area contributed by atoms with Gasteiger partial charge in [0.25, 0.3) is 10.0 Å². The van der Waals surface area contributed by atoms with Crippen LogP contribution in [0.2, 0.25) is 5.02 Å². The van der Waals surface area contributed by atoms with Gasteiger partial charge in [-0.15, -0.1) is 0 Å². The quantitative estimate of drug-likeness (QED) is 0.426. The van der Waals surface area contributed by atoms with Gasteiger partial charge < -0.3 is 4.74 Å². The molecule has 7 heteroatoms. The second-order valence-electron chi connectivity index (χ2n) is 6.35. The Morgan fingerprint density at radius 2 is 1.82 bits per heavy atom. The van der Waals surface area contributed by atoms with E-state index in [-0.39, 0.29) is 17.3 Å². The number of hydrogen-bond donors (Lipinski definition) is 1. The molecule has 2 aromatic carbocycles. The van der Waals surface area contributed by atoms with Gasteiger partial charge in [0.15, 0.2) is 0 Å². The SMILES string of the molecule is COC(=O)CCCC#Cc1cc(Cl)ccc1NS(=O)(=O)c1cc(C)cc(C)c1. The summed E-state index contributed by atoms with van der Waals surface area (Å²) >= 11 is 6.04. The van der Waals surface area contributed by atoms with Crippen LogP contribution in [0, 0.1) is 25.7 Å². The molecule has 0 aliphatic carbocycles. The zero-order valence-electron chi connectivity index (χ0n) is 16.0. The second-order valence-corrected chi connectivity index (χ2v) is 8.47. The fourth-order valence-electron chi connectivity index (χ4n) is 2.58. The number of aryl methyl sites for hydroxylation is 2. The lowest BCUT2D eigenvalue weighted by Crippen LogP contribution is -2.14. The van der Waals surface area contributed by atoms with E-state index in [1.807, 2.05) is 19.9 Å². The van der Waals surface area contributed by atoms with E-state index in [0.29, 0.717) is 29.1 Å². The van der Waals surface area contributed by atoms with Crippen LogP contribution < -0.4 is 4.72 Å². The first-order chi connectivity index (χ1) is 13.2. The summed E-state index contributed by atoms with van der Waals surface area (Å²) in [6, 6.07) is 9.93. The fraction of sp³-hybridized carbons (Fsp3) is 0.286. The molecular formula is C21H22ClNO4S. The Morgan fingerprint density at radius 3 is 2.46 bits per heavy atom. The van der Waals surface area contributed by atoms with Gasteiger partial charge in [0, 0.05) is 17.9 Å². The van der Waals surface area contributed by atoms with E-state index in [2.05, 4.69) is 21.3 Å². The van der Waals surface area contributed by atoms with Crippen LogP contribution >= 0.6 is 11.6 Å². The summed E-state index contributed by atoms with van der Waals surface area (Å²) in [5.41, 5.74) is 2.55. The molecule has 0 heterocycles. The number of esters is 1. The smallest absolute Gasteiger partial charge is 0.305 e. The van der Waals surface area contributed by atoms with Crippen LogP contribution in [0.25, 0.3) is 0 Å². The Kier molecular flexibility index (Phi) is 7.50. The summed E-state index contributed by atoms with van der Waals surface area (Å²) in [6.07, 6.45) is 1.32. The van der Waals surface area contributed by atoms with Crippen LogP contribution in [0.1, 0.15) is 36.0 Å². The number of halogens is 1. The number of anilines is 1. The van der Waals surface area contributed by atoms with Crippen LogP contribution in [0.5, 0.6) is 0 Å². The lowest BCUT2D eigenvalue weighted by Gasteiger charge is -2.11. The number of methoxy groups -OCH3 is 1. The molecule has 0 aromatic heterocycles. The van der Waals surface area contributed by atoms with Crippen molar-refractivity contribution >= 4 is 33.3 Å². The van der Waals surface area contributed by atoms with Gasteiger partial charge in [0.2, 0.25) is 0 Å². The first kappa shape index (κ1) is 21.8. The molecular weight excluding hydrogens is 398 g/mol. The average molecular weight is 420 g/mol. The average Bonchev–Trinajstić information content (AvgIpc) is 2.62. The van der Waals surface area contributed by atoms with Crippen molar-refractivity contribution in [2.24, 2.45) is 0 Å². The number of sulfonamides is 1. The molecule has 0 saturated carbocycles. The van der Waals surface area contributed by atoms with Crippen molar-refractivity contribution in [3.63, 3.8) is 0 Å². The summed E-state index contributed by atoms with van der Waals surface area (Å²) in [7, 11) is -2.42. The second kappa shape index (κ2) is 9.63. The number of hydrogen-bond acceptors (Lipinski definition) is 4. The highest BCUT2D eigenvalue weighted by Crippen LogP contribution is 2.24. The number of unbranched alkanes of at least 4 members (excludes halogenated alkanes) is 1. The van der Waals surface area contributed by atoms with E-state index in [4.69, 9.17) is 11.6 Å². The Morgan fingerprint density at radius 1 is 1.14 bits per heavy atom. The minimum absolute atomic E-state index is 0.192. The molecule has 1 N–H and O–H groups in total. The highest BCUT2D eigenvalue weighted by atomic mass is 35.5. The highest BCUT2D eigenvalue weighted by Gasteiger charge is 2.16. The van der Waals surface area contributed by atoms with Crippen molar-refractivity contribution in [1.29, 1.82) is 0 Å². The summed E-state index contributed by atoms with van der Waals surface area (Å²) in [4.78, 5) is 11.3. The van der Waals surface area contributed by atoms with Crippen molar-refractivity contribution < 1.29 is 17.9 Å². The van der Waals surface area contributed by atoms with Gasteiger partial charge in [0.05, 0.1) is 23.3 Å². The van der Waals surface area contributed by atoms with E-state index < -0.39 is 10.0 Å². The molecule has 0 fully saturated rings. The van der Waals surface area contributed by atoms with Crippen LogP contribution in [0.4, 0.5) is 5.69 Å². The molecule has 28 heavy (non-hydrogen) atoms. The number of benzene rings is 2. The van der Waals surface area contributed by atoms with Crippen molar-refractivity contribution in [2.75, 3.05) is 11.8 Å². The van der Waals surface area contributed by atoms with Crippen LogP contribution in [0.15, 0.2) is 41.3 Å². The fourth-order valence-corrected chi connectivity index (χ4v) is 4.02. The van der Waals surface area contributed by atoms with E-state index in [1.54, 1.807) is 30.3 Å². The third kappa shape index (κ3) is 6.29. The summed E-state index contributed by atoms with van der Waals surface area (Å²) < 4.78 is 32.7. The first-order valence-corrected chi connectivity index (χ1v) is 10.5. The zero-order chi connectivity index (χ0) is 20.7. The molecule has 148 valence electrons.